The first-order valence-corrected chi connectivity index (χ1v) is 8.77. The van der Waals surface area contributed by atoms with E-state index in [1.165, 1.54) is 5.56 Å². The van der Waals surface area contributed by atoms with E-state index in [9.17, 15) is 14.7 Å². The maximum absolute atomic E-state index is 12.9. The van der Waals surface area contributed by atoms with Gasteiger partial charge in [-0.05, 0) is 43.4 Å². The van der Waals surface area contributed by atoms with Gasteiger partial charge < -0.3 is 10.0 Å². The Morgan fingerprint density at radius 2 is 1.92 bits per heavy atom. The lowest BCUT2D eigenvalue weighted by atomic mass is 9.91. The molecule has 0 radical (unpaired) electrons. The maximum Gasteiger partial charge on any atom is 0.303 e. The molecule has 7 heteroatoms. The van der Waals surface area contributed by atoms with E-state index in [-0.39, 0.29) is 24.2 Å². The smallest absolute Gasteiger partial charge is 0.303 e. The molecule has 0 bridgehead atoms. The normalized spacial score (nSPS) is 19.7. The lowest BCUT2D eigenvalue weighted by Gasteiger charge is -2.18. The summed E-state index contributed by atoms with van der Waals surface area (Å²) in [5, 5.41) is 19.7. The predicted molar refractivity (Wildman–Crippen MR) is 95.8 cm³/mol. The summed E-state index contributed by atoms with van der Waals surface area (Å²) < 4.78 is 0. The number of carboxylic acids is 1. The number of benzene rings is 1. The standard InChI is InChI=1S/C19H24N4O3/c1-11-4-12(2)15(13(3)5-11)7-18(24)23-9-14(6-19(25)26)16(10-23)17-8-20-22-21-17/h4-5,8,14,16H,6-7,9-10H2,1-3H3,(H,25,26)(H,20,21,22)/t14-,16+/m0/s1. The van der Waals surface area contributed by atoms with Gasteiger partial charge in [0.25, 0.3) is 0 Å². The lowest BCUT2D eigenvalue weighted by molar-refractivity contribution is -0.138. The SMILES string of the molecule is Cc1cc(C)c(CC(=O)N2C[C@H](CC(=O)O)[C@H](c3cn[nH]n3)C2)c(C)c1. The minimum atomic E-state index is -0.858. The van der Waals surface area contributed by atoms with E-state index < -0.39 is 5.97 Å². The van der Waals surface area contributed by atoms with Gasteiger partial charge in [-0.1, -0.05) is 17.7 Å². The third-order valence-corrected chi connectivity index (χ3v) is 5.21. The Kier molecular flexibility index (Phi) is 5.06. The first-order valence-electron chi connectivity index (χ1n) is 8.77. The van der Waals surface area contributed by atoms with Crippen LogP contribution in [0.4, 0.5) is 0 Å². The number of hydrogen-bond donors (Lipinski definition) is 2. The van der Waals surface area contributed by atoms with Crippen molar-refractivity contribution < 1.29 is 14.7 Å². The maximum atomic E-state index is 12.9. The van der Waals surface area contributed by atoms with Gasteiger partial charge in [0.15, 0.2) is 0 Å². The average Bonchev–Trinajstić information content (AvgIpc) is 3.19. The van der Waals surface area contributed by atoms with Gasteiger partial charge in [0.05, 0.1) is 24.7 Å². The Bertz CT molecular complexity index is 793. The molecule has 0 unspecified atom stereocenters. The number of carbonyl (C=O) groups excluding carboxylic acids is 1. The molecule has 1 aromatic heterocycles. The van der Waals surface area contributed by atoms with Crippen molar-refractivity contribution in [2.75, 3.05) is 13.1 Å². The largest absolute Gasteiger partial charge is 0.481 e. The number of aryl methyl sites for hydroxylation is 3. The van der Waals surface area contributed by atoms with Crippen LogP contribution in [0.5, 0.6) is 0 Å². The molecule has 2 atom stereocenters. The van der Waals surface area contributed by atoms with E-state index in [1.807, 2.05) is 20.8 Å². The fraction of sp³-hybridized carbons (Fsp3) is 0.474. The number of nitrogens with one attached hydrogen (secondary N) is 1. The average molecular weight is 356 g/mol. The van der Waals surface area contributed by atoms with Crippen molar-refractivity contribution in [1.82, 2.24) is 20.3 Å². The van der Waals surface area contributed by atoms with Crippen LogP contribution in [0.15, 0.2) is 18.3 Å². The summed E-state index contributed by atoms with van der Waals surface area (Å²) in [5.41, 5.74) is 5.19. The molecular weight excluding hydrogens is 332 g/mol. The van der Waals surface area contributed by atoms with Crippen LogP contribution >= 0.6 is 0 Å². The molecule has 1 aliphatic heterocycles. The molecule has 1 amide bonds. The van der Waals surface area contributed by atoms with Crippen LogP contribution in [0.1, 0.15) is 40.3 Å². The van der Waals surface area contributed by atoms with E-state index in [4.69, 9.17) is 0 Å². The summed E-state index contributed by atoms with van der Waals surface area (Å²) >= 11 is 0. The number of rotatable bonds is 5. The molecule has 2 N–H and O–H groups in total. The number of amides is 1. The number of carbonyl (C=O) groups is 2. The molecule has 1 saturated heterocycles. The topological polar surface area (TPSA) is 99.2 Å². The van der Waals surface area contributed by atoms with Gasteiger partial charge in [-0.3, -0.25) is 9.59 Å². The van der Waals surface area contributed by atoms with Gasteiger partial charge in [-0.15, -0.1) is 0 Å². The van der Waals surface area contributed by atoms with Gasteiger partial charge in [0.1, 0.15) is 0 Å². The number of H-pyrrole nitrogens is 1. The number of likely N-dealkylation sites (tertiary alicyclic amines) is 1. The van der Waals surface area contributed by atoms with E-state index in [0.29, 0.717) is 25.2 Å². The second-order valence-corrected chi connectivity index (χ2v) is 7.21. The number of nitrogens with zero attached hydrogens (tertiary/aromatic N) is 3. The van der Waals surface area contributed by atoms with E-state index >= 15 is 0 Å². The molecule has 2 aromatic rings. The molecule has 26 heavy (non-hydrogen) atoms. The van der Waals surface area contributed by atoms with Gasteiger partial charge in [-0.25, -0.2) is 0 Å². The minimum Gasteiger partial charge on any atom is -0.481 e. The highest BCUT2D eigenvalue weighted by atomic mass is 16.4. The summed E-state index contributed by atoms with van der Waals surface area (Å²) in [6.45, 7) is 7.01. The van der Waals surface area contributed by atoms with Gasteiger partial charge in [0, 0.05) is 19.0 Å². The summed E-state index contributed by atoms with van der Waals surface area (Å²) in [4.78, 5) is 25.9. The van der Waals surface area contributed by atoms with Crippen LogP contribution in [0.3, 0.4) is 0 Å². The Balaban J connectivity index is 1.77. The lowest BCUT2D eigenvalue weighted by Crippen LogP contribution is -2.31. The second kappa shape index (κ2) is 7.27. The van der Waals surface area contributed by atoms with Crippen LogP contribution in [-0.2, 0) is 16.0 Å². The number of aromatic amines is 1. The summed E-state index contributed by atoms with van der Waals surface area (Å²) in [6.07, 6.45) is 1.97. The molecular formula is C19H24N4O3. The Morgan fingerprint density at radius 3 is 2.50 bits per heavy atom. The summed E-state index contributed by atoms with van der Waals surface area (Å²) in [7, 11) is 0. The van der Waals surface area contributed by atoms with Crippen LogP contribution in [0, 0.1) is 26.7 Å². The van der Waals surface area contributed by atoms with Crippen molar-refractivity contribution in [3.8, 4) is 0 Å². The molecule has 0 aliphatic carbocycles. The van der Waals surface area contributed by atoms with Crippen molar-refractivity contribution in [3.05, 3.63) is 46.3 Å². The molecule has 1 aromatic carbocycles. The Morgan fingerprint density at radius 1 is 1.23 bits per heavy atom. The number of carboxylic acid groups (broad SMARTS) is 1. The first kappa shape index (κ1) is 18.1. The zero-order chi connectivity index (χ0) is 18.8. The van der Waals surface area contributed by atoms with Crippen molar-refractivity contribution in [2.45, 2.75) is 39.5 Å². The Hall–Kier alpha value is -2.70. The van der Waals surface area contributed by atoms with Crippen molar-refractivity contribution in [2.24, 2.45) is 5.92 Å². The van der Waals surface area contributed by atoms with Gasteiger partial charge in [-0.2, -0.15) is 15.4 Å². The fourth-order valence-electron chi connectivity index (χ4n) is 3.98. The molecule has 0 saturated carbocycles. The van der Waals surface area contributed by atoms with Crippen LogP contribution in [0.2, 0.25) is 0 Å². The van der Waals surface area contributed by atoms with Gasteiger partial charge in [0.2, 0.25) is 5.91 Å². The monoisotopic (exact) mass is 356 g/mol. The summed E-state index contributed by atoms with van der Waals surface area (Å²) in [6, 6.07) is 4.18. The van der Waals surface area contributed by atoms with E-state index in [0.717, 1.165) is 16.7 Å². The van der Waals surface area contributed by atoms with Gasteiger partial charge >= 0.3 is 5.97 Å². The molecule has 3 rings (SSSR count). The van der Waals surface area contributed by atoms with E-state index in [1.54, 1.807) is 11.1 Å². The van der Waals surface area contributed by atoms with Crippen molar-refractivity contribution in [3.63, 3.8) is 0 Å². The minimum absolute atomic E-state index is 0.0178. The number of aliphatic carboxylic acids is 1. The van der Waals surface area contributed by atoms with Crippen LogP contribution in [0.25, 0.3) is 0 Å². The highest BCUT2D eigenvalue weighted by molar-refractivity contribution is 5.80. The summed E-state index contributed by atoms with van der Waals surface area (Å²) in [5.74, 6) is -1.08. The molecule has 0 spiro atoms. The fourth-order valence-corrected chi connectivity index (χ4v) is 3.98. The van der Waals surface area contributed by atoms with Crippen LogP contribution in [-0.4, -0.2) is 50.4 Å². The molecule has 138 valence electrons. The molecule has 1 fully saturated rings. The molecule has 7 nitrogen and oxygen atoms in total. The zero-order valence-corrected chi connectivity index (χ0v) is 15.3. The highest BCUT2D eigenvalue weighted by Gasteiger charge is 2.38. The second-order valence-electron chi connectivity index (χ2n) is 7.21. The Labute approximate surface area is 152 Å². The highest BCUT2D eigenvalue weighted by Crippen LogP contribution is 2.34. The van der Waals surface area contributed by atoms with E-state index in [2.05, 4.69) is 27.5 Å². The molecule has 1 aliphatic rings. The molecule has 2 heterocycles. The predicted octanol–water partition coefficient (Wildman–Crippen LogP) is 1.99. The third kappa shape index (κ3) is 3.76. The van der Waals surface area contributed by atoms with Crippen molar-refractivity contribution >= 4 is 11.9 Å². The third-order valence-electron chi connectivity index (χ3n) is 5.21. The quantitative estimate of drug-likeness (QED) is 0.853. The first-order chi connectivity index (χ1) is 12.3. The van der Waals surface area contributed by atoms with Crippen molar-refractivity contribution in [1.29, 1.82) is 0 Å². The number of aromatic nitrogens is 3. The zero-order valence-electron chi connectivity index (χ0n) is 15.3. The number of hydrogen-bond acceptors (Lipinski definition) is 4. The van der Waals surface area contributed by atoms with Crippen LogP contribution < -0.4 is 0 Å².